The van der Waals surface area contributed by atoms with Gasteiger partial charge in [-0.25, -0.2) is 14.4 Å². The summed E-state index contributed by atoms with van der Waals surface area (Å²) < 4.78 is 14.7. The van der Waals surface area contributed by atoms with Gasteiger partial charge in [0.1, 0.15) is 0 Å². The normalized spacial score (nSPS) is 15.0. The molecule has 0 aromatic heterocycles. The first kappa shape index (κ1) is 20.0. The van der Waals surface area contributed by atoms with Gasteiger partial charge in [-0.2, -0.15) is 0 Å². The van der Waals surface area contributed by atoms with E-state index in [-0.39, 0.29) is 13.2 Å². The minimum Gasteiger partial charge on any atom is -0.463 e. The smallest absolute Gasteiger partial charge is 0.407 e. The number of hydrogen-bond donors (Lipinski definition) is 1. The lowest BCUT2D eigenvalue weighted by Gasteiger charge is -2.21. The maximum absolute atomic E-state index is 11.5. The Hall–Kier alpha value is -2.05. The number of rotatable bonds is 9. The molecule has 0 heterocycles. The zero-order valence-electron chi connectivity index (χ0n) is 14.3. The van der Waals surface area contributed by atoms with Crippen LogP contribution in [0.1, 0.15) is 45.4 Å². The van der Waals surface area contributed by atoms with Crippen LogP contribution in [0.4, 0.5) is 4.79 Å². The van der Waals surface area contributed by atoms with Crippen molar-refractivity contribution >= 4 is 18.0 Å². The molecule has 0 aromatic rings. The number of carbonyl (C=O) groups excluding carboxylic acids is 3. The SMILES string of the molecule is CCOC(=O)/C=C/C(=O)OCCCNC(=O)OCC1CCCCC1. The van der Waals surface area contributed by atoms with Crippen molar-refractivity contribution in [1.29, 1.82) is 0 Å². The van der Waals surface area contributed by atoms with Crippen LogP contribution in [-0.2, 0) is 23.8 Å². The van der Waals surface area contributed by atoms with Crippen LogP contribution in [0.5, 0.6) is 0 Å². The molecule has 7 heteroatoms. The van der Waals surface area contributed by atoms with Crippen LogP contribution >= 0.6 is 0 Å². The van der Waals surface area contributed by atoms with Gasteiger partial charge in [0.25, 0.3) is 0 Å². The maximum atomic E-state index is 11.5. The second-order valence-corrected chi connectivity index (χ2v) is 5.64. The molecule has 0 atom stereocenters. The van der Waals surface area contributed by atoms with Gasteiger partial charge >= 0.3 is 18.0 Å². The van der Waals surface area contributed by atoms with Gasteiger partial charge in [-0.05, 0) is 32.1 Å². The van der Waals surface area contributed by atoms with Gasteiger partial charge in [0, 0.05) is 18.7 Å². The van der Waals surface area contributed by atoms with Gasteiger partial charge in [0.05, 0.1) is 19.8 Å². The number of hydrogen-bond acceptors (Lipinski definition) is 6. The highest BCUT2D eigenvalue weighted by atomic mass is 16.6. The lowest BCUT2D eigenvalue weighted by Crippen LogP contribution is -2.28. The van der Waals surface area contributed by atoms with Gasteiger partial charge in [0.2, 0.25) is 0 Å². The summed E-state index contributed by atoms with van der Waals surface area (Å²) in [5, 5.41) is 2.62. The van der Waals surface area contributed by atoms with E-state index in [0.717, 1.165) is 25.0 Å². The summed E-state index contributed by atoms with van der Waals surface area (Å²) in [4.78, 5) is 33.8. The van der Waals surface area contributed by atoms with E-state index >= 15 is 0 Å². The Morgan fingerprint density at radius 2 is 1.67 bits per heavy atom. The molecule has 7 nitrogen and oxygen atoms in total. The highest BCUT2D eigenvalue weighted by Crippen LogP contribution is 2.23. The molecule has 0 aromatic carbocycles. The number of alkyl carbamates (subject to hydrolysis) is 1. The van der Waals surface area contributed by atoms with E-state index in [4.69, 9.17) is 9.47 Å². The summed E-state index contributed by atoms with van der Waals surface area (Å²) in [6.07, 6.45) is 8.03. The lowest BCUT2D eigenvalue weighted by atomic mass is 9.90. The quantitative estimate of drug-likeness (QED) is 0.300. The molecule has 1 aliphatic rings. The summed E-state index contributed by atoms with van der Waals surface area (Å²) in [6.45, 7) is 2.91. The van der Waals surface area contributed by atoms with Crippen molar-refractivity contribution in [3.05, 3.63) is 12.2 Å². The Balaban J connectivity index is 1.99. The van der Waals surface area contributed by atoms with E-state index in [9.17, 15) is 14.4 Å². The molecule has 136 valence electrons. The van der Waals surface area contributed by atoms with E-state index in [1.165, 1.54) is 19.3 Å². The van der Waals surface area contributed by atoms with E-state index in [2.05, 4.69) is 10.1 Å². The summed E-state index contributed by atoms with van der Waals surface area (Å²) in [7, 11) is 0. The molecular weight excluding hydrogens is 314 g/mol. The zero-order valence-corrected chi connectivity index (χ0v) is 14.3. The number of nitrogens with one attached hydrogen (secondary N) is 1. The van der Waals surface area contributed by atoms with Gasteiger partial charge in [-0.15, -0.1) is 0 Å². The average Bonchev–Trinajstić information content (AvgIpc) is 2.59. The minimum atomic E-state index is -0.622. The van der Waals surface area contributed by atoms with E-state index < -0.39 is 18.0 Å². The van der Waals surface area contributed by atoms with Gasteiger partial charge in [-0.1, -0.05) is 19.3 Å². The molecule has 0 unspecified atom stereocenters. The molecule has 0 spiro atoms. The Labute approximate surface area is 142 Å². The second-order valence-electron chi connectivity index (χ2n) is 5.64. The third-order valence-corrected chi connectivity index (χ3v) is 3.65. The first-order valence-electron chi connectivity index (χ1n) is 8.54. The van der Waals surface area contributed by atoms with Crippen LogP contribution in [0.15, 0.2) is 12.2 Å². The van der Waals surface area contributed by atoms with Gasteiger partial charge in [-0.3, -0.25) is 0 Å². The van der Waals surface area contributed by atoms with Crippen molar-refractivity contribution in [1.82, 2.24) is 5.32 Å². The fraction of sp³-hybridized carbons (Fsp3) is 0.706. The van der Waals surface area contributed by atoms with Crippen molar-refractivity contribution in [2.45, 2.75) is 45.4 Å². The van der Waals surface area contributed by atoms with Crippen molar-refractivity contribution in [2.75, 3.05) is 26.4 Å². The highest BCUT2D eigenvalue weighted by molar-refractivity contribution is 5.91. The van der Waals surface area contributed by atoms with Crippen LogP contribution in [0, 0.1) is 5.92 Å². The largest absolute Gasteiger partial charge is 0.463 e. The fourth-order valence-electron chi connectivity index (χ4n) is 2.41. The van der Waals surface area contributed by atoms with Crippen molar-refractivity contribution in [3.63, 3.8) is 0 Å². The lowest BCUT2D eigenvalue weighted by molar-refractivity contribution is -0.140. The summed E-state index contributed by atoms with van der Waals surface area (Å²) in [5.74, 6) is -0.726. The highest BCUT2D eigenvalue weighted by Gasteiger charge is 2.15. The molecule has 1 aliphatic carbocycles. The average molecular weight is 341 g/mol. The molecule has 24 heavy (non-hydrogen) atoms. The van der Waals surface area contributed by atoms with Gasteiger partial charge < -0.3 is 19.5 Å². The standard InChI is InChI=1S/C17H27NO6/c1-2-22-15(19)9-10-16(20)23-12-6-11-18-17(21)24-13-14-7-4-3-5-8-14/h9-10,14H,2-8,11-13H2,1H3,(H,18,21)/b10-9+. The summed E-state index contributed by atoms with van der Waals surface area (Å²) >= 11 is 0. The molecule has 0 saturated heterocycles. The molecule has 1 rings (SSSR count). The maximum Gasteiger partial charge on any atom is 0.407 e. The molecule has 0 bridgehead atoms. The van der Waals surface area contributed by atoms with E-state index in [1.807, 2.05) is 0 Å². The Morgan fingerprint density at radius 3 is 2.33 bits per heavy atom. The molecule has 1 saturated carbocycles. The van der Waals surface area contributed by atoms with Crippen LogP contribution in [0.3, 0.4) is 0 Å². The summed E-state index contributed by atoms with van der Waals surface area (Å²) in [5.41, 5.74) is 0. The first-order valence-corrected chi connectivity index (χ1v) is 8.54. The molecule has 0 aliphatic heterocycles. The van der Waals surface area contributed by atoms with Crippen molar-refractivity contribution in [2.24, 2.45) is 5.92 Å². The second kappa shape index (κ2) is 12.4. The molecule has 0 radical (unpaired) electrons. The van der Waals surface area contributed by atoms with Crippen LogP contribution < -0.4 is 5.32 Å². The third kappa shape index (κ3) is 9.86. The first-order chi connectivity index (χ1) is 11.6. The monoisotopic (exact) mass is 341 g/mol. The van der Waals surface area contributed by atoms with Crippen molar-refractivity contribution < 1.29 is 28.6 Å². The number of amides is 1. The van der Waals surface area contributed by atoms with Crippen LogP contribution in [0.25, 0.3) is 0 Å². The van der Waals surface area contributed by atoms with E-state index in [1.54, 1.807) is 6.92 Å². The Kier molecular flexibility index (Phi) is 10.3. The molecule has 1 N–H and O–H groups in total. The molecule has 1 fully saturated rings. The third-order valence-electron chi connectivity index (χ3n) is 3.65. The fourth-order valence-corrected chi connectivity index (χ4v) is 2.41. The topological polar surface area (TPSA) is 90.9 Å². The Morgan fingerprint density at radius 1 is 1.00 bits per heavy atom. The zero-order chi connectivity index (χ0) is 17.6. The van der Waals surface area contributed by atoms with Crippen LogP contribution in [-0.4, -0.2) is 44.4 Å². The molecule has 1 amide bonds. The number of esters is 2. The summed E-state index contributed by atoms with van der Waals surface area (Å²) in [6, 6.07) is 0. The minimum absolute atomic E-state index is 0.148. The predicted octanol–water partition coefficient (Wildman–Crippen LogP) is 2.35. The van der Waals surface area contributed by atoms with E-state index in [0.29, 0.717) is 25.5 Å². The molecular formula is C17H27NO6. The number of carbonyl (C=O) groups is 3. The van der Waals surface area contributed by atoms with Crippen molar-refractivity contribution in [3.8, 4) is 0 Å². The van der Waals surface area contributed by atoms with Crippen LogP contribution in [0.2, 0.25) is 0 Å². The predicted molar refractivity (Wildman–Crippen MR) is 87.3 cm³/mol. The Bertz CT molecular complexity index is 429. The van der Waals surface area contributed by atoms with Gasteiger partial charge in [0.15, 0.2) is 0 Å². The number of ether oxygens (including phenoxy) is 3.